The molecule has 9 aromatic carbocycles. The molecule has 0 N–H and O–H groups in total. The molecule has 264 valence electrons. The molecule has 0 amide bonds. The van der Waals surface area contributed by atoms with Gasteiger partial charge in [0.05, 0.1) is 0 Å². The lowest BCUT2D eigenvalue weighted by atomic mass is 9.92. The lowest BCUT2D eigenvalue weighted by Crippen LogP contribution is -2.01. The summed E-state index contributed by atoms with van der Waals surface area (Å²) in [6.45, 7) is 0. The molecule has 0 fully saturated rings. The van der Waals surface area contributed by atoms with E-state index in [2.05, 4.69) is 152 Å². The maximum Gasteiger partial charge on any atom is 0.164 e. The van der Waals surface area contributed by atoms with Crippen LogP contribution in [0.4, 0.5) is 0 Å². The van der Waals surface area contributed by atoms with Crippen LogP contribution in [0.25, 0.3) is 122 Å². The number of furan rings is 1. The van der Waals surface area contributed by atoms with Crippen molar-refractivity contribution in [2.45, 2.75) is 0 Å². The Bertz CT molecular complexity index is 3390. The SMILES string of the molecule is c1ccc(-c2nc(-c3cccc(-c4ccc5c6c(cccc46)-c4ccccc4-5)c3)nc(-c3cccc4c(-c5cccc6oc7ccccc7c56)cccc34)n2)cc1. The molecular weight excluding hydrogens is 695 g/mol. The van der Waals surface area contributed by atoms with Gasteiger partial charge in [-0.3, -0.25) is 0 Å². The molecule has 0 radical (unpaired) electrons. The molecule has 12 rings (SSSR count). The zero-order chi connectivity index (χ0) is 37.5. The molecular formula is C53H31N3O. The third kappa shape index (κ3) is 4.91. The molecule has 0 atom stereocenters. The first kappa shape index (κ1) is 31.6. The molecule has 1 aliphatic rings. The second-order valence-electron chi connectivity index (χ2n) is 14.7. The molecule has 2 aromatic heterocycles. The van der Waals surface area contributed by atoms with Gasteiger partial charge in [0.1, 0.15) is 11.2 Å². The number of benzene rings is 9. The number of rotatable bonds is 5. The number of para-hydroxylation sites is 1. The second-order valence-corrected chi connectivity index (χ2v) is 14.7. The molecule has 0 aliphatic heterocycles. The highest BCUT2D eigenvalue weighted by Crippen LogP contribution is 2.49. The van der Waals surface area contributed by atoms with Gasteiger partial charge in [0.25, 0.3) is 0 Å². The van der Waals surface area contributed by atoms with Crippen molar-refractivity contribution in [3.8, 4) is 78.7 Å². The van der Waals surface area contributed by atoms with Crippen molar-refractivity contribution in [2.24, 2.45) is 0 Å². The number of hydrogen-bond acceptors (Lipinski definition) is 4. The Hall–Kier alpha value is -7.69. The van der Waals surface area contributed by atoms with Gasteiger partial charge in [0.15, 0.2) is 17.5 Å². The monoisotopic (exact) mass is 725 g/mol. The molecule has 4 heteroatoms. The van der Waals surface area contributed by atoms with Crippen LogP contribution in [0.15, 0.2) is 192 Å². The smallest absolute Gasteiger partial charge is 0.164 e. The van der Waals surface area contributed by atoms with Crippen molar-refractivity contribution in [2.75, 3.05) is 0 Å². The zero-order valence-corrected chi connectivity index (χ0v) is 30.6. The fourth-order valence-electron chi connectivity index (χ4n) is 8.97. The Morgan fingerprint density at radius 1 is 0.263 bits per heavy atom. The highest BCUT2D eigenvalue weighted by molar-refractivity contribution is 6.19. The zero-order valence-electron chi connectivity index (χ0n) is 30.6. The minimum atomic E-state index is 0.627. The summed E-state index contributed by atoms with van der Waals surface area (Å²) >= 11 is 0. The van der Waals surface area contributed by atoms with Crippen molar-refractivity contribution in [1.82, 2.24) is 15.0 Å². The van der Waals surface area contributed by atoms with Crippen LogP contribution in [0, 0.1) is 0 Å². The first-order valence-electron chi connectivity index (χ1n) is 19.3. The lowest BCUT2D eigenvalue weighted by Gasteiger charge is -2.14. The van der Waals surface area contributed by atoms with Gasteiger partial charge in [-0.05, 0) is 84.3 Å². The van der Waals surface area contributed by atoms with Crippen LogP contribution < -0.4 is 0 Å². The maximum absolute atomic E-state index is 6.29. The molecule has 0 saturated carbocycles. The minimum Gasteiger partial charge on any atom is -0.456 e. The molecule has 0 bridgehead atoms. The normalized spacial score (nSPS) is 11.9. The summed E-state index contributed by atoms with van der Waals surface area (Å²) in [6, 6.07) is 66.2. The molecule has 57 heavy (non-hydrogen) atoms. The van der Waals surface area contributed by atoms with E-state index in [1.54, 1.807) is 0 Å². The van der Waals surface area contributed by atoms with Gasteiger partial charge in [0.2, 0.25) is 0 Å². The van der Waals surface area contributed by atoms with E-state index >= 15 is 0 Å². The molecule has 11 aromatic rings. The summed E-state index contributed by atoms with van der Waals surface area (Å²) < 4.78 is 6.29. The maximum atomic E-state index is 6.29. The van der Waals surface area contributed by atoms with E-state index in [-0.39, 0.29) is 0 Å². The quantitative estimate of drug-likeness (QED) is 0.177. The predicted molar refractivity (Wildman–Crippen MR) is 234 cm³/mol. The van der Waals surface area contributed by atoms with E-state index in [1.807, 2.05) is 36.4 Å². The third-order valence-corrected chi connectivity index (χ3v) is 11.5. The fraction of sp³-hybridized carbons (Fsp3) is 0. The van der Waals surface area contributed by atoms with Crippen molar-refractivity contribution in [3.05, 3.63) is 188 Å². The van der Waals surface area contributed by atoms with Crippen molar-refractivity contribution < 1.29 is 4.42 Å². The average molecular weight is 726 g/mol. The summed E-state index contributed by atoms with van der Waals surface area (Å²) in [5, 5.41) is 6.96. The molecule has 0 unspecified atom stereocenters. The molecule has 1 aliphatic carbocycles. The number of nitrogens with zero attached hydrogens (tertiary/aromatic N) is 3. The van der Waals surface area contributed by atoms with Crippen molar-refractivity contribution >= 4 is 43.5 Å². The summed E-state index contributed by atoms with van der Waals surface area (Å²) in [6.07, 6.45) is 0. The van der Waals surface area contributed by atoms with Gasteiger partial charge in [0, 0.05) is 27.5 Å². The Kier molecular flexibility index (Phi) is 6.89. The Labute approximate surface area is 328 Å². The van der Waals surface area contributed by atoms with E-state index in [1.165, 1.54) is 38.6 Å². The summed E-state index contributed by atoms with van der Waals surface area (Å²) in [5.41, 5.74) is 14.3. The topological polar surface area (TPSA) is 51.8 Å². The largest absolute Gasteiger partial charge is 0.456 e. The Balaban J connectivity index is 1.03. The van der Waals surface area contributed by atoms with Crippen LogP contribution in [0.5, 0.6) is 0 Å². The van der Waals surface area contributed by atoms with Crippen LogP contribution >= 0.6 is 0 Å². The van der Waals surface area contributed by atoms with Crippen LogP contribution in [0.2, 0.25) is 0 Å². The Morgan fingerprint density at radius 3 is 1.58 bits per heavy atom. The Morgan fingerprint density at radius 2 is 0.754 bits per heavy atom. The van der Waals surface area contributed by atoms with E-state index in [0.29, 0.717) is 17.5 Å². The number of fused-ring (bicyclic) bond motifs is 7. The van der Waals surface area contributed by atoms with Crippen LogP contribution in [0.3, 0.4) is 0 Å². The van der Waals surface area contributed by atoms with Gasteiger partial charge >= 0.3 is 0 Å². The predicted octanol–water partition coefficient (Wildman–Crippen LogP) is 14.1. The standard InChI is InChI=1S/C53H31N3O/c1-2-13-32(14-3-1)51-54-52(34-16-8-15-33(31-34)35-29-30-44-38-18-5-4-17-37(38)42-24-11-23-41(35)49(42)44)56-53(55-51)45-26-10-20-36-39(21-9-22-40(36)45)43-25-12-28-48-50(43)46-19-6-7-27-47(46)57-48/h1-31H. The lowest BCUT2D eigenvalue weighted by molar-refractivity contribution is 0.669. The first-order valence-corrected chi connectivity index (χ1v) is 19.3. The third-order valence-electron chi connectivity index (χ3n) is 11.5. The molecule has 4 nitrogen and oxygen atoms in total. The van der Waals surface area contributed by atoms with Crippen LogP contribution in [-0.2, 0) is 0 Å². The fourth-order valence-corrected chi connectivity index (χ4v) is 8.97. The van der Waals surface area contributed by atoms with Crippen molar-refractivity contribution in [1.29, 1.82) is 0 Å². The van der Waals surface area contributed by atoms with E-state index < -0.39 is 0 Å². The number of hydrogen-bond donors (Lipinski definition) is 0. The second kappa shape index (κ2) is 12.4. The van der Waals surface area contributed by atoms with Crippen LogP contribution in [0.1, 0.15) is 0 Å². The van der Waals surface area contributed by atoms with E-state index in [9.17, 15) is 0 Å². The summed E-state index contributed by atoms with van der Waals surface area (Å²) in [4.78, 5) is 15.6. The van der Waals surface area contributed by atoms with E-state index in [0.717, 1.165) is 66.1 Å². The molecule has 0 spiro atoms. The van der Waals surface area contributed by atoms with Crippen molar-refractivity contribution in [3.63, 3.8) is 0 Å². The molecule has 2 heterocycles. The van der Waals surface area contributed by atoms with Gasteiger partial charge < -0.3 is 4.42 Å². The minimum absolute atomic E-state index is 0.627. The van der Waals surface area contributed by atoms with Gasteiger partial charge in [-0.25, -0.2) is 15.0 Å². The number of aromatic nitrogens is 3. The van der Waals surface area contributed by atoms with Gasteiger partial charge in [-0.15, -0.1) is 0 Å². The first-order chi connectivity index (χ1) is 28.3. The van der Waals surface area contributed by atoms with Gasteiger partial charge in [-0.1, -0.05) is 170 Å². The molecule has 0 saturated heterocycles. The summed E-state index contributed by atoms with van der Waals surface area (Å²) in [7, 11) is 0. The highest BCUT2D eigenvalue weighted by Gasteiger charge is 2.23. The highest BCUT2D eigenvalue weighted by atomic mass is 16.3. The van der Waals surface area contributed by atoms with Gasteiger partial charge in [-0.2, -0.15) is 0 Å². The van der Waals surface area contributed by atoms with Crippen LogP contribution in [-0.4, -0.2) is 15.0 Å². The summed E-state index contributed by atoms with van der Waals surface area (Å²) in [5.74, 6) is 1.89. The van der Waals surface area contributed by atoms with E-state index in [4.69, 9.17) is 19.4 Å². The average Bonchev–Trinajstić information content (AvgIpc) is 3.83.